The number of benzene rings is 2. The lowest BCUT2D eigenvalue weighted by Gasteiger charge is -2.04. The molecule has 0 aliphatic carbocycles. The molecule has 142 valence electrons. The summed E-state index contributed by atoms with van der Waals surface area (Å²) in [7, 11) is 0. The molecule has 0 atom stereocenters. The van der Waals surface area contributed by atoms with Crippen molar-refractivity contribution in [2.75, 3.05) is 6.61 Å². The Morgan fingerprint density at radius 2 is 1.86 bits per heavy atom. The molecule has 3 aromatic rings. The molecule has 8 heteroatoms. The fraction of sp³-hybridized carbons (Fsp3) is 0.100. The summed E-state index contributed by atoms with van der Waals surface area (Å²) in [5.74, 6) is 1.15. The summed E-state index contributed by atoms with van der Waals surface area (Å²) in [5, 5.41) is 14.5. The number of amides is 1. The van der Waals surface area contributed by atoms with Crippen LogP contribution in [0.25, 0.3) is 11.3 Å². The molecule has 0 spiro atoms. The minimum atomic E-state index is -0.463. The van der Waals surface area contributed by atoms with Crippen LogP contribution in [0.2, 0.25) is 0 Å². The molecular weight excluding hydrogens is 362 g/mol. The van der Waals surface area contributed by atoms with Crippen LogP contribution in [-0.4, -0.2) is 23.7 Å². The van der Waals surface area contributed by atoms with Crippen LogP contribution in [0.5, 0.6) is 5.75 Å². The highest BCUT2D eigenvalue weighted by atomic mass is 16.6. The van der Waals surface area contributed by atoms with Crippen LogP contribution < -0.4 is 10.2 Å². The Morgan fingerprint density at radius 1 is 1.14 bits per heavy atom. The Balaban J connectivity index is 1.51. The van der Waals surface area contributed by atoms with Crippen LogP contribution in [-0.2, 0) is 4.79 Å². The van der Waals surface area contributed by atoms with Gasteiger partial charge in [-0.2, -0.15) is 5.10 Å². The number of rotatable bonds is 7. The number of nitro groups is 1. The van der Waals surface area contributed by atoms with Crippen molar-refractivity contribution in [2.24, 2.45) is 5.10 Å². The number of ether oxygens (including phenoxy) is 1. The van der Waals surface area contributed by atoms with E-state index in [0.29, 0.717) is 22.8 Å². The Bertz CT molecular complexity index is 991. The molecule has 0 saturated heterocycles. The molecule has 1 heterocycles. The molecular formula is C20H17N3O5. The highest BCUT2D eigenvalue weighted by molar-refractivity contribution is 5.81. The van der Waals surface area contributed by atoms with Crippen molar-refractivity contribution in [3.63, 3.8) is 0 Å². The van der Waals surface area contributed by atoms with Gasteiger partial charge in [-0.1, -0.05) is 17.7 Å². The fourth-order valence-corrected chi connectivity index (χ4v) is 2.31. The molecule has 0 bridgehead atoms. The molecule has 0 saturated carbocycles. The van der Waals surface area contributed by atoms with Crippen molar-refractivity contribution < 1.29 is 18.9 Å². The monoisotopic (exact) mass is 379 g/mol. The lowest BCUT2D eigenvalue weighted by molar-refractivity contribution is -0.384. The van der Waals surface area contributed by atoms with Gasteiger partial charge in [-0.3, -0.25) is 14.9 Å². The number of hydrogen-bond acceptors (Lipinski definition) is 6. The van der Waals surface area contributed by atoms with E-state index in [1.54, 1.807) is 36.4 Å². The largest absolute Gasteiger partial charge is 0.484 e. The zero-order valence-corrected chi connectivity index (χ0v) is 15.0. The summed E-state index contributed by atoms with van der Waals surface area (Å²) >= 11 is 0. The molecule has 8 nitrogen and oxygen atoms in total. The number of nitro benzene ring substituents is 1. The van der Waals surface area contributed by atoms with E-state index in [1.807, 2.05) is 19.1 Å². The molecule has 0 aliphatic heterocycles. The van der Waals surface area contributed by atoms with Crippen LogP contribution >= 0.6 is 0 Å². The second-order valence-electron chi connectivity index (χ2n) is 5.90. The smallest absolute Gasteiger partial charge is 0.277 e. The van der Waals surface area contributed by atoms with Gasteiger partial charge in [-0.05, 0) is 43.3 Å². The van der Waals surface area contributed by atoms with E-state index in [4.69, 9.17) is 9.15 Å². The van der Waals surface area contributed by atoms with Crippen LogP contribution in [0.3, 0.4) is 0 Å². The second-order valence-corrected chi connectivity index (χ2v) is 5.90. The van der Waals surface area contributed by atoms with E-state index >= 15 is 0 Å². The quantitative estimate of drug-likeness (QED) is 0.383. The third kappa shape index (κ3) is 5.04. The Morgan fingerprint density at radius 3 is 2.54 bits per heavy atom. The summed E-state index contributed by atoms with van der Waals surface area (Å²) in [6, 6.07) is 16.8. The molecule has 0 radical (unpaired) electrons. The molecule has 2 aromatic carbocycles. The molecule has 0 fully saturated rings. The van der Waals surface area contributed by atoms with Crippen LogP contribution in [0.4, 0.5) is 5.69 Å². The number of hydrogen-bond donors (Lipinski definition) is 1. The van der Waals surface area contributed by atoms with E-state index < -0.39 is 10.8 Å². The fourth-order valence-electron chi connectivity index (χ4n) is 2.31. The third-order valence-corrected chi connectivity index (χ3v) is 3.76. The predicted octanol–water partition coefficient (Wildman–Crippen LogP) is 3.69. The van der Waals surface area contributed by atoms with Gasteiger partial charge in [0, 0.05) is 17.7 Å². The SMILES string of the molecule is Cc1ccc(OCC(=O)NN=Cc2ccc(-c3ccc([N+](=O)[O-])cc3)o2)cc1. The number of aryl methyl sites for hydroxylation is 1. The maximum absolute atomic E-state index is 11.8. The number of carbonyl (C=O) groups excluding carboxylic acids is 1. The van der Waals surface area contributed by atoms with Crippen molar-refractivity contribution in [1.82, 2.24) is 5.43 Å². The first-order chi connectivity index (χ1) is 13.5. The summed E-state index contributed by atoms with van der Waals surface area (Å²) in [4.78, 5) is 22.0. The summed E-state index contributed by atoms with van der Waals surface area (Å²) < 4.78 is 10.9. The maximum atomic E-state index is 11.8. The van der Waals surface area contributed by atoms with Gasteiger partial charge in [-0.25, -0.2) is 5.43 Å². The molecule has 28 heavy (non-hydrogen) atoms. The summed E-state index contributed by atoms with van der Waals surface area (Å²) in [5.41, 5.74) is 4.16. The average molecular weight is 379 g/mol. The number of hydrazone groups is 1. The number of nitrogens with one attached hydrogen (secondary N) is 1. The summed E-state index contributed by atoms with van der Waals surface area (Å²) in [6.45, 7) is 1.81. The van der Waals surface area contributed by atoms with Crippen LogP contribution in [0.15, 0.2) is 70.2 Å². The molecule has 1 aromatic heterocycles. The maximum Gasteiger partial charge on any atom is 0.277 e. The standard InChI is InChI=1S/C20H17N3O5/c1-14-2-8-17(9-3-14)27-13-20(24)22-21-12-18-10-11-19(28-18)15-4-6-16(7-5-15)23(25)26/h2-12H,13H2,1H3,(H,22,24). The van der Waals surface area contributed by atoms with Crippen LogP contribution in [0, 0.1) is 17.0 Å². The first-order valence-electron chi connectivity index (χ1n) is 8.37. The minimum Gasteiger partial charge on any atom is -0.484 e. The first kappa shape index (κ1) is 18.8. The number of non-ortho nitro benzene ring substituents is 1. The van der Waals surface area contributed by atoms with Gasteiger partial charge in [0.2, 0.25) is 0 Å². The van der Waals surface area contributed by atoms with Crippen molar-refractivity contribution in [3.05, 3.63) is 82.1 Å². The van der Waals surface area contributed by atoms with Gasteiger partial charge in [0.15, 0.2) is 6.61 Å². The van der Waals surface area contributed by atoms with Gasteiger partial charge in [0.05, 0.1) is 11.1 Å². The highest BCUT2D eigenvalue weighted by Gasteiger charge is 2.08. The Kier molecular flexibility index (Phi) is 5.81. The van der Waals surface area contributed by atoms with Gasteiger partial charge in [0.25, 0.3) is 11.6 Å². The first-order valence-corrected chi connectivity index (χ1v) is 8.37. The van der Waals surface area contributed by atoms with Gasteiger partial charge in [0.1, 0.15) is 17.3 Å². The van der Waals surface area contributed by atoms with Crippen molar-refractivity contribution >= 4 is 17.8 Å². The molecule has 0 unspecified atom stereocenters. The number of nitrogens with zero attached hydrogens (tertiary/aromatic N) is 2. The predicted molar refractivity (Wildman–Crippen MR) is 103 cm³/mol. The van der Waals surface area contributed by atoms with Crippen molar-refractivity contribution in [2.45, 2.75) is 6.92 Å². The average Bonchev–Trinajstić information content (AvgIpc) is 3.16. The molecule has 1 N–H and O–H groups in total. The lowest BCUT2D eigenvalue weighted by atomic mass is 10.1. The Labute approximate surface area is 160 Å². The van der Waals surface area contributed by atoms with Gasteiger partial charge >= 0.3 is 0 Å². The zero-order chi connectivity index (χ0) is 19.9. The number of carbonyl (C=O) groups is 1. The second kappa shape index (κ2) is 8.63. The van der Waals surface area contributed by atoms with Crippen LogP contribution in [0.1, 0.15) is 11.3 Å². The van der Waals surface area contributed by atoms with E-state index in [9.17, 15) is 14.9 Å². The lowest BCUT2D eigenvalue weighted by Crippen LogP contribution is -2.24. The molecule has 3 rings (SSSR count). The van der Waals surface area contributed by atoms with Crippen molar-refractivity contribution in [1.29, 1.82) is 0 Å². The highest BCUT2D eigenvalue weighted by Crippen LogP contribution is 2.24. The van der Waals surface area contributed by atoms with Gasteiger partial charge < -0.3 is 9.15 Å². The van der Waals surface area contributed by atoms with E-state index in [1.165, 1.54) is 18.3 Å². The molecule has 1 amide bonds. The van der Waals surface area contributed by atoms with Crippen molar-refractivity contribution in [3.8, 4) is 17.1 Å². The molecule has 0 aliphatic rings. The zero-order valence-electron chi connectivity index (χ0n) is 15.0. The minimum absolute atomic E-state index is 0.00709. The third-order valence-electron chi connectivity index (χ3n) is 3.76. The Hall–Kier alpha value is -3.94. The van der Waals surface area contributed by atoms with E-state index in [-0.39, 0.29) is 12.3 Å². The topological polar surface area (TPSA) is 107 Å². The summed E-state index contributed by atoms with van der Waals surface area (Å²) in [6.07, 6.45) is 1.36. The van der Waals surface area contributed by atoms with E-state index in [2.05, 4.69) is 10.5 Å². The van der Waals surface area contributed by atoms with Gasteiger partial charge in [-0.15, -0.1) is 0 Å². The van der Waals surface area contributed by atoms with E-state index in [0.717, 1.165) is 5.56 Å². The normalized spacial score (nSPS) is 10.8. The number of furan rings is 1.